The van der Waals surface area contributed by atoms with Gasteiger partial charge in [0.15, 0.2) is 0 Å². The van der Waals surface area contributed by atoms with Gasteiger partial charge in [-0.3, -0.25) is 9.99 Å². The van der Waals surface area contributed by atoms with Gasteiger partial charge in [-0.05, 0) is 54.7 Å². The molecule has 1 aliphatic heterocycles. The lowest BCUT2D eigenvalue weighted by molar-refractivity contribution is 0.260. The van der Waals surface area contributed by atoms with Gasteiger partial charge in [-0.1, -0.05) is 54.1 Å². The molecule has 0 radical (unpaired) electrons. The molecule has 1 fully saturated rings. The topological polar surface area (TPSA) is 112 Å². The maximum absolute atomic E-state index is 14.0. The highest BCUT2D eigenvalue weighted by molar-refractivity contribution is 6.36. The zero-order chi connectivity index (χ0) is 30.0. The van der Waals surface area contributed by atoms with E-state index in [1.165, 1.54) is 18.3 Å². The molecule has 8 nitrogen and oxygen atoms in total. The summed E-state index contributed by atoms with van der Waals surface area (Å²) in [7, 11) is 2.02. The molecule has 43 heavy (non-hydrogen) atoms. The average Bonchev–Trinajstić information content (AvgIpc) is 3.75. The molecule has 4 aromatic rings. The molecule has 0 saturated heterocycles. The van der Waals surface area contributed by atoms with Crippen LogP contribution in [0, 0.1) is 28.5 Å². The van der Waals surface area contributed by atoms with Crippen LogP contribution in [-0.4, -0.2) is 23.9 Å². The van der Waals surface area contributed by atoms with Crippen molar-refractivity contribution in [3.8, 4) is 12.1 Å². The third-order valence-electron chi connectivity index (χ3n) is 7.99. The largest absolute Gasteiger partial charge is 0.378 e. The van der Waals surface area contributed by atoms with E-state index in [1.54, 1.807) is 18.2 Å². The second-order valence-electron chi connectivity index (χ2n) is 11.0. The van der Waals surface area contributed by atoms with Gasteiger partial charge >= 0.3 is 0 Å². The molecule has 0 spiro atoms. The minimum Gasteiger partial charge on any atom is -0.378 e. The first-order valence-electron chi connectivity index (χ1n) is 14.2. The Morgan fingerprint density at radius 1 is 1.14 bits per heavy atom. The van der Waals surface area contributed by atoms with E-state index in [2.05, 4.69) is 43.7 Å². The number of hydrazine groups is 2. The summed E-state index contributed by atoms with van der Waals surface area (Å²) in [5, 5.41) is 29.7. The molecule has 0 amide bonds. The number of hydrogen-bond acceptors (Lipinski definition) is 8. The van der Waals surface area contributed by atoms with Crippen LogP contribution in [0.25, 0.3) is 10.9 Å². The van der Waals surface area contributed by atoms with Crippen molar-refractivity contribution in [3.05, 3.63) is 112 Å². The summed E-state index contributed by atoms with van der Waals surface area (Å²) in [5.74, 6) is -0.318. The van der Waals surface area contributed by atoms with Crippen molar-refractivity contribution in [2.24, 2.45) is 0 Å². The minimum atomic E-state index is -0.811. The molecule has 11 heteroatoms. The first-order chi connectivity index (χ1) is 20.9. The van der Waals surface area contributed by atoms with E-state index < -0.39 is 5.44 Å². The van der Waals surface area contributed by atoms with Crippen molar-refractivity contribution in [2.45, 2.75) is 43.2 Å². The first-order valence-corrected chi connectivity index (χ1v) is 14.5. The van der Waals surface area contributed by atoms with E-state index in [4.69, 9.17) is 11.6 Å². The number of nitrogens with zero attached hydrogens (tertiary/aromatic N) is 4. The standard InChI is InChI=1S/C32H29BClFN8/c33-32(22-8-10-23(35)11-9-22,29-19-43(42-41-29)25-12-13-25)40-24-15-26-30(21(17-37)18-38-31(26)27(34)16-24)39-28(7-4-14-36)20-5-2-1-3-6-20/h1-3,5-6,8-11,15-16,18-19,25,28,40-42H,4,7,12-13,33H2,(H,38,39)/t28-,32?/m0/s1. The summed E-state index contributed by atoms with van der Waals surface area (Å²) in [4.78, 5) is 4.52. The minimum absolute atomic E-state index is 0.217. The second-order valence-corrected chi connectivity index (χ2v) is 11.4. The van der Waals surface area contributed by atoms with Crippen LogP contribution in [0.1, 0.15) is 48.4 Å². The number of benzene rings is 3. The van der Waals surface area contributed by atoms with Gasteiger partial charge in [0.05, 0.1) is 45.0 Å². The Bertz CT molecular complexity index is 1770. The number of nitriles is 2. The fourth-order valence-corrected chi connectivity index (χ4v) is 5.73. The molecule has 3 aromatic carbocycles. The molecule has 4 N–H and O–H groups in total. The van der Waals surface area contributed by atoms with Crippen molar-refractivity contribution in [1.29, 1.82) is 10.5 Å². The highest BCUT2D eigenvalue weighted by Crippen LogP contribution is 2.39. The molecule has 1 saturated carbocycles. The predicted octanol–water partition coefficient (Wildman–Crippen LogP) is 5.58. The van der Waals surface area contributed by atoms with Gasteiger partial charge in [-0.25, -0.2) is 4.39 Å². The van der Waals surface area contributed by atoms with Gasteiger partial charge in [0.2, 0.25) is 0 Å². The molecule has 0 bridgehead atoms. The summed E-state index contributed by atoms with van der Waals surface area (Å²) in [6.45, 7) is 0. The Hall–Kier alpha value is -4.77. The van der Waals surface area contributed by atoms with Crippen LogP contribution in [-0.2, 0) is 5.44 Å². The van der Waals surface area contributed by atoms with Crippen molar-refractivity contribution in [2.75, 3.05) is 10.6 Å². The maximum Gasteiger partial charge on any atom is 0.148 e. The Labute approximate surface area is 255 Å². The molecular weight excluding hydrogens is 562 g/mol. The van der Waals surface area contributed by atoms with Gasteiger partial charge < -0.3 is 16.1 Å². The van der Waals surface area contributed by atoms with Crippen LogP contribution < -0.4 is 21.6 Å². The molecule has 2 heterocycles. The number of aromatic nitrogens is 1. The Kier molecular flexibility index (Phi) is 7.81. The lowest BCUT2D eigenvalue weighted by Gasteiger charge is -2.34. The fourth-order valence-electron chi connectivity index (χ4n) is 5.46. The van der Waals surface area contributed by atoms with E-state index in [0.717, 1.165) is 29.7 Å². The molecule has 2 aliphatic rings. The van der Waals surface area contributed by atoms with Crippen molar-refractivity contribution in [3.63, 3.8) is 0 Å². The molecule has 1 unspecified atom stereocenters. The zero-order valence-corrected chi connectivity index (χ0v) is 24.3. The van der Waals surface area contributed by atoms with E-state index >= 15 is 0 Å². The first kappa shape index (κ1) is 28.4. The number of pyridine rings is 1. The average molecular weight is 591 g/mol. The number of fused-ring (bicyclic) bond motifs is 1. The van der Waals surface area contributed by atoms with E-state index in [0.29, 0.717) is 51.7 Å². The number of rotatable bonds is 10. The molecule has 1 aromatic heterocycles. The number of anilines is 2. The van der Waals surface area contributed by atoms with Crippen LogP contribution in [0.4, 0.5) is 15.8 Å². The van der Waals surface area contributed by atoms with Gasteiger partial charge in [0.1, 0.15) is 19.7 Å². The molecule has 1 aliphatic carbocycles. The smallest absolute Gasteiger partial charge is 0.148 e. The highest BCUT2D eigenvalue weighted by Gasteiger charge is 2.38. The lowest BCUT2D eigenvalue weighted by atomic mass is 9.69. The predicted molar refractivity (Wildman–Crippen MR) is 169 cm³/mol. The maximum atomic E-state index is 14.0. The lowest BCUT2D eigenvalue weighted by Crippen LogP contribution is -2.45. The van der Waals surface area contributed by atoms with Crippen LogP contribution in [0.5, 0.6) is 0 Å². The third kappa shape index (κ3) is 5.81. The summed E-state index contributed by atoms with van der Waals surface area (Å²) in [6, 6.07) is 24.7. The summed E-state index contributed by atoms with van der Waals surface area (Å²) >= 11 is 6.84. The van der Waals surface area contributed by atoms with Crippen molar-refractivity contribution < 1.29 is 4.39 Å². The van der Waals surface area contributed by atoms with Gasteiger partial charge in [0.25, 0.3) is 0 Å². The van der Waals surface area contributed by atoms with E-state index in [-0.39, 0.29) is 11.9 Å². The highest BCUT2D eigenvalue weighted by atomic mass is 35.5. The van der Waals surface area contributed by atoms with Gasteiger partial charge in [-0.2, -0.15) is 10.5 Å². The normalized spacial score (nSPS) is 16.4. The Balaban J connectivity index is 1.44. The number of nitrogens with one attached hydrogen (secondary N) is 4. The zero-order valence-electron chi connectivity index (χ0n) is 23.5. The van der Waals surface area contributed by atoms with Crippen molar-refractivity contribution in [1.82, 2.24) is 21.0 Å². The third-order valence-corrected chi connectivity index (χ3v) is 8.28. The molecular formula is C32H29BClFN8. The molecule has 214 valence electrons. The van der Waals surface area contributed by atoms with Crippen LogP contribution in [0.2, 0.25) is 5.02 Å². The van der Waals surface area contributed by atoms with Crippen LogP contribution in [0.15, 0.2) is 84.8 Å². The molecule has 6 rings (SSSR count). The second kappa shape index (κ2) is 11.8. The summed E-state index contributed by atoms with van der Waals surface area (Å²) in [6.07, 6.45) is 6.68. The fraction of sp³-hybridized carbons (Fsp3) is 0.219. The Morgan fingerprint density at radius 3 is 2.60 bits per heavy atom. The summed E-state index contributed by atoms with van der Waals surface area (Å²) in [5.41, 5.74) is 10.6. The molecule has 2 atom stereocenters. The monoisotopic (exact) mass is 590 g/mol. The quantitative estimate of drug-likeness (QED) is 0.177. The van der Waals surface area contributed by atoms with Gasteiger partial charge in [0, 0.05) is 35.9 Å². The number of halogens is 2. The number of hydrogen-bond donors (Lipinski definition) is 4. The SMILES string of the molecule is BC(Nc1cc(Cl)c2ncc(C#N)c(N[C@@H](CCC#N)c3ccccc3)c2c1)(C1=CN(C2CC2)NN1)c1ccc(F)cc1. The van der Waals surface area contributed by atoms with Gasteiger partial charge in [-0.15, -0.1) is 5.53 Å². The van der Waals surface area contributed by atoms with E-state index in [1.807, 2.05) is 50.4 Å². The van der Waals surface area contributed by atoms with E-state index in [9.17, 15) is 14.9 Å². The van der Waals surface area contributed by atoms with Crippen LogP contribution in [0.3, 0.4) is 0 Å². The summed E-state index contributed by atoms with van der Waals surface area (Å²) < 4.78 is 14.0. The van der Waals surface area contributed by atoms with Crippen LogP contribution >= 0.6 is 11.6 Å². The Morgan fingerprint density at radius 2 is 1.91 bits per heavy atom. The van der Waals surface area contributed by atoms with Crippen molar-refractivity contribution >= 4 is 41.7 Å².